The first kappa shape index (κ1) is 13.2. The molecule has 0 aliphatic rings. The van der Waals surface area contributed by atoms with Crippen LogP contribution >= 0.6 is 49.9 Å². The molecule has 2 rings (SSSR count). The monoisotopic (exact) mass is 423 g/mol. The first-order valence-corrected chi connectivity index (χ1v) is 7.88. The largest absolute Gasteiger partial charge is 0.383 e. The highest BCUT2D eigenvalue weighted by molar-refractivity contribution is 14.1. The SMILES string of the molecule is CCCc1nc(-c2ccc(Br)s2)nc(N)c1I. The van der Waals surface area contributed by atoms with Gasteiger partial charge in [-0.1, -0.05) is 13.3 Å². The summed E-state index contributed by atoms with van der Waals surface area (Å²) in [6.45, 7) is 2.13. The normalized spacial score (nSPS) is 10.8. The lowest BCUT2D eigenvalue weighted by molar-refractivity contribution is 0.870. The lowest BCUT2D eigenvalue weighted by atomic mass is 10.2. The van der Waals surface area contributed by atoms with Gasteiger partial charge in [-0.3, -0.25) is 0 Å². The van der Waals surface area contributed by atoms with Crippen molar-refractivity contribution in [2.24, 2.45) is 0 Å². The second-order valence-corrected chi connectivity index (χ2v) is 7.09. The van der Waals surface area contributed by atoms with E-state index in [-0.39, 0.29) is 0 Å². The number of hydrogen-bond donors (Lipinski definition) is 1. The van der Waals surface area contributed by atoms with Gasteiger partial charge in [0.2, 0.25) is 0 Å². The van der Waals surface area contributed by atoms with Gasteiger partial charge in [-0.05, 0) is 57.1 Å². The molecule has 0 spiro atoms. The van der Waals surface area contributed by atoms with Crippen molar-refractivity contribution in [3.63, 3.8) is 0 Å². The number of aryl methyl sites for hydroxylation is 1. The second-order valence-electron chi connectivity index (χ2n) is 3.55. The van der Waals surface area contributed by atoms with E-state index in [0.29, 0.717) is 5.82 Å². The fourth-order valence-electron chi connectivity index (χ4n) is 1.46. The third-order valence-corrected chi connectivity index (χ3v) is 5.02. The second kappa shape index (κ2) is 5.62. The van der Waals surface area contributed by atoms with Gasteiger partial charge in [-0.2, -0.15) is 0 Å². The van der Waals surface area contributed by atoms with Crippen LogP contribution in [0.15, 0.2) is 15.9 Å². The molecule has 0 aliphatic heterocycles. The molecule has 0 unspecified atom stereocenters. The van der Waals surface area contributed by atoms with Crippen molar-refractivity contribution in [1.29, 1.82) is 0 Å². The Hall–Kier alpha value is -0.210. The fraction of sp³-hybridized carbons (Fsp3) is 0.273. The topological polar surface area (TPSA) is 51.8 Å². The van der Waals surface area contributed by atoms with Crippen LogP contribution < -0.4 is 5.73 Å². The van der Waals surface area contributed by atoms with E-state index >= 15 is 0 Å². The van der Waals surface area contributed by atoms with Crippen LogP contribution in [0.1, 0.15) is 19.0 Å². The zero-order chi connectivity index (χ0) is 12.4. The predicted molar refractivity (Wildman–Crippen MR) is 84.2 cm³/mol. The molecule has 2 N–H and O–H groups in total. The fourth-order valence-corrected chi connectivity index (χ4v) is 3.29. The molecule has 0 bridgehead atoms. The summed E-state index contributed by atoms with van der Waals surface area (Å²) in [6, 6.07) is 4.00. The summed E-state index contributed by atoms with van der Waals surface area (Å²) in [5, 5.41) is 0. The Morgan fingerprint density at radius 3 is 2.76 bits per heavy atom. The molecule has 6 heteroatoms. The molecule has 2 heterocycles. The Morgan fingerprint density at radius 2 is 2.18 bits per heavy atom. The van der Waals surface area contributed by atoms with E-state index in [1.54, 1.807) is 11.3 Å². The molecule has 0 saturated carbocycles. The van der Waals surface area contributed by atoms with Gasteiger partial charge in [0.05, 0.1) is 17.9 Å². The average Bonchev–Trinajstić information content (AvgIpc) is 2.71. The highest BCUT2D eigenvalue weighted by Crippen LogP contribution is 2.31. The summed E-state index contributed by atoms with van der Waals surface area (Å²) in [4.78, 5) is 9.98. The lowest BCUT2D eigenvalue weighted by Gasteiger charge is -2.06. The molecular weight excluding hydrogens is 413 g/mol. The molecule has 2 aromatic rings. The molecule has 17 heavy (non-hydrogen) atoms. The van der Waals surface area contributed by atoms with E-state index < -0.39 is 0 Å². The number of thiophene rings is 1. The van der Waals surface area contributed by atoms with Gasteiger partial charge < -0.3 is 5.73 Å². The molecule has 0 fully saturated rings. The van der Waals surface area contributed by atoms with Crippen molar-refractivity contribution in [2.45, 2.75) is 19.8 Å². The van der Waals surface area contributed by atoms with Gasteiger partial charge in [0.15, 0.2) is 5.82 Å². The Morgan fingerprint density at radius 1 is 1.41 bits per heavy atom. The summed E-state index contributed by atoms with van der Waals surface area (Å²) >= 11 is 7.27. The van der Waals surface area contributed by atoms with Crippen molar-refractivity contribution in [3.8, 4) is 10.7 Å². The Balaban J connectivity index is 2.48. The third kappa shape index (κ3) is 2.97. The molecule has 90 valence electrons. The minimum absolute atomic E-state index is 0.573. The molecule has 3 nitrogen and oxygen atoms in total. The van der Waals surface area contributed by atoms with E-state index in [0.717, 1.165) is 36.6 Å². The summed E-state index contributed by atoms with van der Waals surface area (Å²) in [5.41, 5.74) is 6.97. The average molecular weight is 424 g/mol. The number of rotatable bonds is 3. The van der Waals surface area contributed by atoms with Crippen molar-refractivity contribution < 1.29 is 0 Å². The van der Waals surface area contributed by atoms with Crippen LogP contribution in [0.4, 0.5) is 5.82 Å². The molecule has 0 amide bonds. The molecule has 0 aliphatic carbocycles. The van der Waals surface area contributed by atoms with Crippen molar-refractivity contribution in [2.75, 3.05) is 5.73 Å². The van der Waals surface area contributed by atoms with Crippen LogP contribution in [0, 0.1) is 3.57 Å². The van der Waals surface area contributed by atoms with Crippen LogP contribution in [0.25, 0.3) is 10.7 Å². The number of halogens is 2. The standard InChI is InChI=1S/C11H11BrIN3S/c1-2-3-6-9(13)10(14)16-11(15-6)7-4-5-8(12)17-7/h4-5H,2-3H2,1H3,(H2,14,15,16). The smallest absolute Gasteiger partial charge is 0.171 e. The first-order chi connectivity index (χ1) is 8.11. The van der Waals surface area contributed by atoms with Crippen molar-refractivity contribution >= 4 is 55.7 Å². The molecule has 0 radical (unpaired) electrons. The van der Waals surface area contributed by atoms with E-state index in [1.807, 2.05) is 12.1 Å². The van der Waals surface area contributed by atoms with E-state index in [9.17, 15) is 0 Å². The zero-order valence-corrected chi connectivity index (χ0v) is 13.8. The summed E-state index contributed by atoms with van der Waals surface area (Å²) < 4.78 is 2.05. The summed E-state index contributed by atoms with van der Waals surface area (Å²) in [6.07, 6.45) is 1.99. The zero-order valence-electron chi connectivity index (χ0n) is 9.20. The maximum atomic E-state index is 5.93. The lowest BCUT2D eigenvalue weighted by Crippen LogP contribution is -2.04. The highest BCUT2D eigenvalue weighted by atomic mass is 127. The van der Waals surface area contributed by atoms with Crippen LogP contribution in [-0.4, -0.2) is 9.97 Å². The molecule has 0 atom stereocenters. The maximum absolute atomic E-state index is 5.93. The number of aromatic nitrogens is 2. The van der Waals surface area contributed by atoms with E-state index in [4.69, 9.17) is 5.73 Å². The summed E-state index contributed by atoms with van der Waals surface area (Å²) in [7, 11) is 0. The molecule has 2 aromatic heterocycles. The number of anilines is 1. The highest BCUT2D eigenvalue weighted by Gasteiger charge is 2.12. The van der Waals surface area contributed by atoms with Crippen LogP contribution in [-0.2, 0) is 6.42 Å². The van der Waals surface area contributed by atoms with Crippen molar-refractivity contribution in [1.82, 2.24) is 9.97 Å². The molecule has 0 saturated heterocycles. The Labute approximate surface area is 126 Å². The van der Waals surface area contributed by atoms with Gasteiger partial charge in [-0.25, -0.2) is 9.97 Å². The minimum atomic E-state index is 0.573. The van der Waals surface area contributed by atoms with E-state index in [1.165, 1.54) is 0 Å². The predicted octanol–water partition coefficient (Wildman–Crippen LogP) is 4.11. The van der Waals surface area contributed by atoms with Gasteiger partial charge in [0, 0.05) is 0 Å². The number of nitrogens with two attached hydrogens (primary N) is 1. The van der Waals surface area contributed by atoms with Crippen LogP contribution in [0.3, 0.4) is 0 Å². The van der Waals surface area contributed by atoms with E-state index in [2.05, 4.69) is 55.4 Å². The maximum Gasteiger partial charge on any atom is 0.171 e. The Bertz CT molecular complexity index is 542. The number of nitrogens with zero attached hydrogens (tertiary/aromatic N) is 2. The van der Waals surface area contributed by atoms with Crippen LogP contribution in [0.2, 0.25) is 0 Å². The first-order valence-electron chi connectivity index (χ1n) is 5.19. The van der Waals surface area contributed by atoms with Gasteiger partial charge in [-0.15, -0.1) is 11.3 Å². The minimum Gasteiger partial charge on any atom is -0.383 e. The van der Waals surface area contributed by atoms with Gasteiger partial charge >= 0.3 is 0 Å². The Kier molecular flexibility index (Phi) is 4.37. The van der Waals surface area contributed by atoms with Crippen molar-refractivity contribution in [3.05, 3.63) is 25.2 Å². The molecule has 0 aromatic carbocycles. The summed E-state index contributed by atoms with van der Waals surface area (Å²) in [5.74, 6) is 1.30. The number of hydrogen-bond acceptors (Lipinski definition) is 4. The van der Waals surface area contributed by atoms with Crippen LogP contribution in [0.5, 0.6) is 0 Å². The quantitative estimate of drug-likeness (QED) is 0.756. The third-order valence-electron chi connectivity index (χ3n) is 2.23. The number of nitrogen functional groups attached to an aromatic ring is 1. The van der Waals surface area contributed by atoms with Gasteiger partial charge in [0.1, 0.15) is 5.82 Å². The molecular formula is C11H11BrIN3S. The van der Waals surface area contributed by atoms with Gasteiger partial charge in [0.25, 0.3) is 0 Å².